The van der Waals surface area contributed by atoms with Crippen LogP contribution in [0.4, 0.5) is 0 Å². The number of amides is 2. The van der Waals surface area contributed by atoms with Gasteiger partial charge in [0.05, 0.1) is 0 Å². The van der Waals surface area contributed by atoms with E-state index in [9.17, 15) is 14.4 Å². The van der Waals surface area contributed by atoms with E-state index in [1.54, 1.807) is 38.1 Å². The number of aliphatic carboxylic acids is 1. The zero-order valence-electron chi connectivity index (χ0n) is 11.9. The van der Waals surface area contributed by atoms with E-state index in [-0.39, 0.29) is 5.92 Å². The van der Waals surface area contributed by atoms with Gasteiger partial charge < -0.3 is 16.2 Å². The molecule has 0 aromatic heterocycles. The third-order valence-corrected chi connectivity index (χ3v) is 2.85. The molecule has 0 radical (unpaired) electrons. The van der Waals surface area contributed by atoms with Gasteiger partial charge >= 0.3 is 5.97 Å². The molecule has 0 aliphatic rings. The molecule has 4 N–H and O–H groups in total. The van der Waals surface area contributed by atoms with E-state index in [1.807, 2.05) is 0 Å². The minimum Gasteiger partial charge on any atom is -0.480 e. The van der Waals surface area contributed by atoms with Gasteiger partial charge in [0.25, 0.3) is 0 Å². The number of nitrogens with one attached hydrogen (secondary N) is 1. The molecule has 0 spiro atoms. The highest BCUT2D eigenvalue weighted by atomic mass is 16.4. The fourth-order valence-electron chi connectivity index (χ4n) is 1.65. The smallest absolute Gasteiger partial charge is 0.326 e. The molecule has 21 heavy (non-hydrogen) atoms. The Hall–Kier alpha value is -2.63. The number of rotatable bonds is 6. The van der Waals surface area contributed by atoms with Crippen LogP contribution in [-0.4, -0.2) is 28.9 Å². The van der Waals surface area contributed by atoms with Gasteiger partial charge in [0.15, 0.2) is 0 Å². The summed E-state index contributed by atoms with van der Waals surface area (Å²) in [5, 5.41) is 11.4. The van der Waals surface area contributed by atoms with Crippen molar-refractivity contribution in [2.24, 2.45) is 11.7 Å². The normalized spacial score (nSPS) is 12.3. The number of carboxylic acids is 1. The van der Waals surface area contributed by atoms with Crippen LogP contribution < -0.4 is 11.1 Å². The van der Waals surface area contributed by atoms with Gasteiger partial charge in [-0.1, -0.05) is 26.0 Å². The molecule has 0 saturated heterocycles. The number of nitrogens with two attached hydrogens (primary N) is 1. The summed E-state index contributed by atoms with van der Waals surface area (Å²) in [5.74, 6) is -2.30. The second-order valence-electron chi connectivity index (χ2n) is 4.89. The van der Waals surface area contributed by atoms with Gasteiger partial charge in [-0.3, -0.25) is 9.59 Å². The van der Waals surface area contributed by atoms with Crippen LogP contribution in [0, 0.1) is 5.92 Å². The molecule has 0 aliphatic heterocycles. The van der Waals surface area contributed by atoms with Gasteiger partial charge in [0.1, 0.15) is 6.04 Å². The van der Waals surface area contributed by atoms with Crippen molar-refractivity contribution in [2.45, 2.75) is 19.9 Å². The zero-order chi connectivity index (χ0) is 16.0. The second-order valence-corrected chi connectivity index (χ2v) is 4.89. The summed E-state index contributed by atoms with van der Waals surface area (Å²) in [7, 11) is 0. The Balaban J connectivity index is 2.69. The van der Waals surface area contributed by atoms with Gasteiger partial charge in [0, 0.05) is 11.6 Å². The van der Waals surface area contributed by atoms with Gasteiger partial charge in [0.2, 0.25) is 11.8 Å². The van der Waals surface area contributed by atoms with Crippen LogP contribution >= 0.6 is 0 Å². The lowest BCUT2D eigenvalue weighted by molar-refractivity contribution is -0.142. The van der Waals surface area contributed by atoms with Crippen molar-refractivity contribution >= 4 is 23.9 Å². The fourth-order valence-corrected chi connectivity index (χ4v) is 1.65. The molecule has 2 amide bonds. The molecule has 0 fully saturated rings. The molecule has 1 aromatic carbocycles. The van der Waals surface area contributed by atoms with E-state index < -0.39 is 23.8 Å². The summed E-state index contributed by atoms with van der Waals surface area (Å²) in [6, 6.07) is 5.45. The first kappa shape index (κ1) is 16.4. The average molecular weight is 290 g/mol. The molecule has 112 valence electrons. The first-order valence-electron chi connectivity index (χ1n) is 6.42. The molecule has 1 rings (SSSR count). The molecule has 6 nitrogen and oxygen atoms in total. The lowest BCUT2D eigenvalue weighted by Crippen LogP contribution is -2.43. The molecule has 0 saturated carbocycles. The monoisotopic (exact) mass is 290 g/mol. The summed E-state index contributed by atoms with van der Waals surface area (Å²) < 4.78 is 0. The number of benzene rings is 1. The first-order valence-corrected chi connectivity index (χ1v) is 6.42. The molecule has 1 aromatic rings. The van der Waals surface area contributed by atoms with E-state index in [0.717, 1.165) is 0 Å². The minimum absolute atomic E-state index is 0.213. The van der Waals surface area contributed by atoms with E-state index in [2.05, 4.69) is 5.32 Å². The quantitative estimate of drug-likeness (QED) is 0.679. The molecule has 6 heteroatoms. The Morgan fingerprint density at radius 2 is 1.76 bits per heavy atom. The molecule has 0 bridgehead atoms. The van der Waals surface area contributed by atoms with Crippen molar-refractivity contribution in [3.8, 4) is 0 Å². The SMILES string of the molecule is CC(C)[C@@H](NC(=O)C=Cc1ccc(C(N)=O)cc1)C(=O)O. The predicted molar refractivity (Wildman–Crippen MR) is 78.4 cm³/mol. The summed E-state index contributed by atoms with van der Waals surface area (Å²) >= 11 is 0. The number of hydrogen-bond donors (Lipinski definition) is 3. The first-order chi connectivity index (χ1) is 9.81. The summed E-state index contributed by atoms with van der Waals surface area (Å²) in [5.41, 5.74) is 6.20. The van der Waals surface area contributed by atoms with Gasteiger partial charge in [-0.15, -0.1) is 0 Å². The maximum Gasteiger partial charge on any atom is 0.326 e. The van der Waals surface area contributed by atoms with E-state index >= 15 is 0 Å². The Bertz CT molecular complexity index is 562. The van der Waals surface area contributed by atoms with Crippen molar-refractivity contribution < 1.29 is 19.5 Å². The van der Waals surface area contributed by atoms with Crippen LogP contribution in [0.25, 0.3) is 6.08 Å². The largest absolute Gasteiger partial charge is 0.480 e. The Morgan fingerprint density at radius 1 is 1.19 bits per heavy atom. The highest BCUT2D eigenvalue weighted by Gasteiger charge is 2.22. The van der Waals surface area contributed by atoms with Gasteiger partial charge in [-0.2, -0.15) is 0 Å². The lowest BCUT2D eigenvalue weighted by atomic mass is 10.0. The second kappa shape index (κ2) is 7.23. The Labute approximate surface area is 122 Å². The number of primary amides is 1. The van der Waals surface area contributed by atoms with Crippen molar-refractivity contribution in [1.29, 1.82) is 0 Å². The van der Waals surface area contributed by atoms with Gasteiger partial charge in [-0.25, -0.2) is 4.79 Å². The third-order valence-electron chi connectivity index (χ3n) is 2.85. The molecule has 0 unspecified atom stereocenters. The van der Waals surface area contributed by atoms with Crippen molar-refractivity contribution in [1.82, 2.24) is 5.32 Å². The summed E-state index contributed by atoms with van der Waals surface area (Å²) in [6.07, 6.45) is 2.77. The minimum atomic E-state index is -1.07. The average Bonchev–Trinajstić information content (AvgIpc) is 2.42. The lowest BCUT2D eigenvalue weighted by Gasteiger charge is -2.16. The van der Waals surface area contributed by atoms with Crippen LogP contribution in [-0.2, 0) is 9.59 Å². The Kier molecular flexibility index (Phi) is 5.66. The highest BCUT2D eigenvalue weighted by molar-refractivity contribution is 5.95. The molecule has 1 atom stereocenters. The van der Waals surface area contributed by atoms with Crippen LogP contribution in [0.5, 0.6) is 0 Å². The molecular formula is C15H18N2O4. The van der Waals surface area contributed by atoms with Crippen molar-refractivity contribution in [3.05, 3.63) is 41.5 Å². The number of carbonyl (C=O) groups is 3. The number of carbonyl (C=O) groups excluding carboxylic acids is 2. The maximum atomic E-state index is 11.7. The van der Waals surface area contributed by atoms with Crippen LogP contribution in [0.1, 0.15) is 29.8 Å². The van der Waals surface area contributed by atoms with E-state index in [4.69, 9.17) is 10.8 Å². The Morgan fingerprint density at radius 3 is 2.19 bits per heavy atom. The van der Waals surface area contributed by atoms with Crippen LogP contribution in [0.2, 0.25) is 0 Å². The molecule has 0 aliphatic carbocycles. The van der Waals surface area contributed by atoms with Crippen molar-refractivity contribution in [2.75, 3.05) is 0 Å². The van der Waals surface area contributed by atoms with Crippen LogP contribution in [0.15, 0.2) is 30.3 Å². The topological polar surface area (TPSA) is 109 Å². The van der Waals surface area contributed by atoms with E-state index in [1.165, 1.54) is 12.2 Å². The number of hydrogen-bond acceptors (Lipinski definition) is 3. The number of carboxylic acid groups (broad SMARTS) is 1. The highest BCUT2D eigenvalue weighted by Crippen LogP contribution is 2.06. The summed E-state index contributed by atoms with van der Waals surface area (Å²) in [6.45, 7) is 3.43. The fraction of sp³-hybridized carbons (Fsp3) is 0.267. The van der Waals surface area contributed by atoms with Gasteiger partial charge in [-0.05, 0) is 29.7 Å². The zero-order valence-corrected chi connectivity index (χ0v) is 11.9. The van der Waals surface area contributed by atoms with Crippen LogP contribution in [0.3, 0.4) is 0 Å². The molecule has 0 heterocycles. The van der Waals surface area contributed by atoms with E-state index in [0.29, 0.717) is 11.1 Å². The standard InChI is InChI=1S/C15H18N2O4/c1-9(2)13(15(20)21)17-12(18)8-5-10-3-6-11(7-4-10)14(16)19/h3-9,13H,1-2H3,(H2,16,19)(H,17,18)(H,20,21)/t13-/m1/s1. The predicted octanol–water partition coefficient (Wildman–Crippen LogP) is 1.02. The van der Waals surface area contributed by atoms with Crippen molar-refractivity contribution in [3.63, 3.8) is 0 Å². The third kappa shape index (κ3) is 5.10. The summed E-state index contributed by atoms with van der Waals surface area (Å²) in [4.78, 5) is 33.6. The molecular weight excluding hydrogens is 272 g/mol. The maximum absolute atomic E-state index is 11.7.